The van der Waals surface area contributed by atoms with Crippen LogP contribution in [0.4, 0.5) is 0 Å². The summed E-state index contributed by atoms with van der Waals surface area (Å²) in [5.41, 5.74) is -0.840. The van der Waals surface area contributed by atoms with Crippen LogP contribution in [0.1, 0.15) is 26.2 Å². The summed E-state index contributed by atoms with van der Waals surface area (Å²) < 4.78 is 4.74. The molecule has 3 heteroatoms. The highest BCUT2D eigenvalue weighted by molar-refractivity contribution is 5.70. The van der Waals surface area contributed by atoms with E-state index in [1.165, 1.54) is 0 Å². The molecule has 1 rings (SSSR count). The van der Waals surface area contributed by atoms with Crippen molar-refractivity contribution in [3.05, 3.63) is 0 Å². The van der Waals surface area contributed by atoms with Gasteiger partial charge in [-0.05, 0) is 19.8 Å². The molecule has 0 amide bonds. The number of esters is 1. The Balaban J connectivity index is 2.54. The summed E-state index contributed by atoms with van der Waals surface area (Å²) in [6.07, 6.45) is 1.55. The third-order valence-electron chi connectivity index (χ3n) is 1.65. The summed E-state index contributed by atoms with van der Waals surface area (Å²) in [4.78, 5) is 10.7. The third-order valence-corrected chi connectivity index (χ3v) is 1.65. The maximum atomic E-state index is 10.7. The van der Waals surface area contributed by atoms with Crippen LogP contribution in [0.25, 0.3) is 0 Å². The highest BCUT2D eigenvalue weighted by Crippen LogP contribution is 2.20. The molecule has 0 aromatic heterocycles. The van der Waals surface area contributed by atoms with Crippen LogP contribution in [0.3, 0.4) is 0 Å². The van der Waals surface area contributed by atoms with E-state index in [9.17, 15) is 9.90 Å². The van der Waals surface area contributed by atoms with E-state index in [0.29, 0.717) is 13.0 Å². The van der Waals surface area contributed by atoms with Gasteiger partial charge in [-0.25, -0.2) is 0 Å². The summed E-state index contributed by atoms with van der Waals surface area (Å²) in [7, 11) is 0. The zero-order valence-electron chi connectivity index (χ0n) is 6.09. The first kappa shape index (κ1) is 7.54. The first-order chi connectivity index (χ1) is 4.60. The van der Waals surface area contributed by atoms with Crippen LogP contribution in [-0.2, 0) is 9.53 Å². The first-order valence-corrected chi connectivity index (χ1v) is 3.48. The molecule has 1 N–H and O–H groups in total. The standard InChI is InChI=1S/C7H12O3/c1-7(9)3-2-4-10-6(8)5-7/h9H,2-5H2,1H3. The lowest BCUT2D eigenvalue weighted by atomic mass is 9.98. The first-order valence-electron chi connectivity index (χ1n) is 3.48. The Labute approximate surface area is 60.0 Å². The van der Waals surface area contributed by atoms with E-state index in [1.54, 1.807) is 6.92 Å². The SMILES string of the molecule is CC1(O)CCCOC(=O)C1. The zero-order chi connectivity index (χ0) is 7.61. The second-order valence-electron chi connectivity index (χ2n) is 3.00. The fraction of sp³-hybridized carbons (Fsp3) is 0.857. The highest BCUT2D eigenvalue weighted by atomic mass is 16.5. The Morgan fingerprint density at radius 1 is 1.70 bits per heavy atom. The summed E-state index contributed by atoms with van der Waals surface area (Å²) in [5.74, 6) is -0.289. The van der Waals surface area contributed by atoms with Crippen molar-refractivity contribution in [3.8, 4) is 0 Å². The molecular weight excluding hydrogens is 132 g/mol. The van der Waals surface area contributed by atoms with E-state index in [1.807, 2.05) is 0 Å². The smallest absolute Gasteiger partial charge is 0.308 e. The number of hydrogen-bond donors (Lipinski definition) is 1. The van der Waals surface area contributed by atoms with Gasteiger partial charge >= 0.3 is 5.97 Å². The molecule has 0 aliphatic carbocycles. The van der Waals surface area contributed by atoms with E-state index in [0.717, 1.165) is 6.42 Å². The Bertz CT molecular complexity index is 140. The number of cyclic esters (lactones) is 1. The van der Waals surface area contributed by atoms with Gasteiger partial charge in [0, 0.05) is 0 Å². The Morgan fingerprint density at radius 2 is 2.40 bits per heavy atom. The maximum absolute atomic E-state index is 10.7. The monoisotopic (exact) mass is 144 g/mol. The van der Waals surface area contributed by atoms with Gasteiger partial charge < -0.3 is 9.84 Å². The van der Waals surface area contributed by atoms with Crippen LogP contribution in [0, 0.1) is 0 Å². The molecule has 1 unspecified atom stereocenters. The Hall–Kier alpha value is -0.570. The third kappa shape index (κ3) is 1.99. The lowest BCUT2D eigenvalue weighted by Crippen LogP contribution is -2.25. The van der Waals surface area contributed by atoms with Gasteiger partial charge in [-0.2, -0.15) is 0 Å². The van der Waals surface area contributed by atoms with Crippen molar-refractivity contribution in [2.45, 2.75) is 31.8 Å². The molecule has 0 saturated carbocycles. The van der Waals surface area contributed by atoms with Gasteiger partial charge in [0.05, 0.1) is 18.6 Å². The second-order valence-corrected chi connectivity index (χ2v) is 3.00. The predicted octanol–water partition coefficient (Wildman–Crippen LogP) is 0.465. The Kier molecular flexibility index (Phi) is 1.94. The minimum Gasteiger partial charge on any atom is -0.466 e. The summed E-state index contributed by atoms with van der Waals surface area (Å²) in [6.45, 7) is 2.12. The lowest BCUT2D eigenvalue weighted by Gasteiger charge is -2.17. The van der Waals surface area contributed by atoms with Crippen LogP contribution in [0.5, 0.6) is 0 Å². The van der Waals surface area contributed by atoms with Gasteiger partial charge in [0.2, 0.25) is 0 Å². The summed E-state index contributed by atoms with van der Waals surface area (Å²) in [5, 5.41) is 9.42. The van der Waals surface area contributed by atoms with Gasteiger partial charge in [0.1, 0.15) is 0 Å². The average Bonchev–Trinajstić information content (AvgIpc) is 1.90. The number of aliphatic hydroxyl groups is 1. The van der Waals surface area contributed by atoms with Crippen molar-refractivity contribution in [1.29, 1.82) is 0 Å². The van der Waals surface area contributed by atoms with Crippen LogP contribution in [-0.4, -0.2) is 23.3 Å². The number of carbonyl (C=O) groups is 1. The molecule has 10 heavy (non-hydrogen) atoms. The molecule has 58 valence electrons. The minimum atomic E-state index is -0.840. The number of rotatable bonds is 0. The van der Waals surface area contributed by atoms with Crippen molar-refractivity contribution in [2.24, 2.45) is 0 Å². The van der Waals surface area contributed by atoms with Crippen LogP contribution >= 0.6 is 0 Å². The molecule has 0 aromatic carbocycles. The molecule has 3 nitrogen and oxygen atoms in total. The lowest BCUT2D eigenvalue weighted by molar-refractivity contribution is -0.145. The molecule has 0 spiro atoms. The van der Waals surface area contributed by atoms with Crippen LogP contribution in [0.15, 0.2) is 0 Å². The summed E-state index contributed by atoms with van der Waals surface area (Å²) >= 11 is 0. The second kappa shape index (κ2) is 2.58. The molecule has 0 radical (unpaired) electrons. The van der Waals surface area contributed by atoms with Gasteiger partial charge in [-0.15, -0.1) is 0 Å². The normalized spacial score (nSPS) is 34.8. The van der Waals surface area contributed by atoms with Gasteiger partial charge in [-0.3, -0.25) is 4.79 Å². The van der Waals surface area contributed by atoms with Crippen LogP contribution in [0.2, 0.25) is 0 Å². The molecule has 1 heterocycles. The zero-order valence-corrected chi connectivity index (χ0v) is 6.09. The van der Waals surface area contributed by atoms with E-state index in [-0.39, 0.29) is 12.4 Å². The quantitative estimate of drug-likeness (QED) is 0.502. The molecule has 1 aliphatic heterocycles. The van der Waals surface area contributed by atoms with Gasteiger partial charge in [0.25, 0.3) is 0 Å². The van der Waals surface area contributed by atoms with E-state index in [2.05, 4.69) is 0 Å². The molecule has 1 atom stereocenters. The molecular formula is C7H12O3. The Morgan fingerprint density at radius 3 is 3.10 bits per heavy atom. The molecule has 1 aliphatic rings. The topological polar surface area (TPSA) is 46.5 Å². The largest absolute Gasteiger partial charge is 0.466 e. The van der Waals surface area contributed by atoms with Gasteiger partial charge in [-0.1, -0.05) is 0 Å². The fourth-order valence-corrected chi connectivity index (χ4v) is 1.09. The van der Waals surface area contributed by atoms with Crippen molar-refractivity contribution in [2.75, 3.05) is 6.61 Å². The molecule has 1 fully saturated rings. The van der Waals surface area contributed by atoms with E-state index in [4.69, 9.17) is 4.74 Å². The van der Waals surface area contributed by atoms with E-state index < -0.39 is 5.60 Å². The molecule has 1 saturated heterocycles. The van der Waals surface area contributed by atoms with Crippen LogP contribution < -0.4 is 0 Å². The predicted molar refractivity (Wildman–Crippen MR) is 35.4 cm³/mol. The highest BCUT2D eigenvalue weighted by Gasteiger charge is 2.27. The summed E-state index contributed by atoms with van der Waals surface area (Å²) in [6, 6.07) is 0. The van der Waals surface area contributed by atoms with Crippen molar-refractivity contribution < 1.29 is 14.6 Å². The van der Waals surface area contributed by atoms with Crippen molar-refractivity contribution >= 4 is 5.97 Å². The molecule has 0 aromatic rings. The minimum absolute atomic E-state index is 0.132. The number of ether oxygens (including phenoxy) is 1. The van der Waals surface area contributed by atoms with Crippen molar-refractivity contribution in [1.82, 2.24) is 0 Å². The molecule has 0 bridgehead atoms. The number of carbonyl (C=O) groups excluding carboxylic acids is 1. The average molecular weight is 144 g/mol. The number of hydrogen-bond acceptors (Lipinski definition) is 3. The maximum Gasteiger partial charge on any atom is 0.308 e. The fourth-order valence-electron chi connectivity index (χ4n) is 1.09. The van der Waals surface area contributed by atoms with E-state index >= 15 is 0 Å². The van der Waals surface area contributed by atoms with Gasteiger partial charge in [0.15, 0.2) is 0 Å². The van der Waals surface area contributed by atoms with Crippen molar-refractivity contribution in [3.63, 3.8) is 0 Å².